The SMILES string of the molecule is CC(O)CC[C@H](NC(=O)c1cnc(-c2c(F)cccc2Cl)o1)C(=O)N[C@@H](CCC(F)(F)F)C(=O)C(N)=S. The summed E-state index contributed by atoms with van der Waals surface area (Å²) >= 11 is 10.5. The standard InChI is InChI=1S/C22H23ClF4N4O5S/c1-10(32)5-6-14(19(34)30-13(17(33)18(28)37)7-8-22(25,26)27)31-20(35)15-9-29-21(36-15)16-11(23)3-2-4-12(16)24/h2-4,9-10,13-14,32H,5-8H2,1H3,(H2,28,37)(H,30,34)(H,31,35)/t10?,13-,14-/m0/s1. The third-order valence-electron chi connectivity index (χ3n) is 4.99. The highest BCUT2D eigenvalue weighted by molar-refractivity contribution is 7.82. The number of alkyl halides is 3. The molecule has 0 saturated carbocycles. The van der Waals surface area contributed by atoms with E-state index in [2.05, 4.69) is 27.8 Å². The number of amides is 2. The van der Waals surface area contributed by atoms with Crippen LogP contribution in [0.2, 0.25) is 5.02 Å². The second-order valence-electron chi connectivity index (χ2n) is 8.02. The molecule has 1 heterocycles. The van der Waals surface area contributed by atoms with Gasteiger partial charge in [-0.15, -0.1) is 0 Å². The highest BCUT2D eigenvalue weighted by Crippen LogP contribution is 2.30. The fraction of sp³-hybridized carbons (Fsp3) is 0.409. The van der Waals surface area contributed by atoms with Crippen LogP contribution in [0.3, 0.4) is 0 Å². The van der Waals surface area contributed by atoms with Crippen LogP contribution in [0.4, 0.5) is 17.6 Å². The number of thiocarbonyl (C=S) groups is 1. The van der Waals surface area contributed by atoms with Gasteiger partial charge in [0.2, 0.25) is 23.3 Å². The number of nitrogens with two attached hydrogens (primary N) is 1. The van der Waals surface area contributed by atoms with Gasteiger partial charge in [-0.2, -0.15) is 13.2 Å². The molecule has 0 aliphatic carbocycles. The summed E-state index contributed by atoms with van der Waals surface area (Å²) in [6.07, 6.45) is -6.96. The average molecular weight is 567 g/mol. The van der Waals surface area contributed by atoms with Crippen LogP contribution in [0.15, 0.2) is 28.8 Å². The van der Waals surface area contributed by atoms with E-state index >= 15 is 0 Å². The molecule has 1 aromatic carbocycles. The number of carbonyl (C=O) groups is 3. The molecular formula is C22H23ClF4N4O5S. The van der Waals surface area contributed by atoms with Gasteiger partial charge in [-0.25, -0.2) is 9.37 Å². The fourth-order valence-corrected chi connectivity index (χ4v) is 3.51. The van der Waals surface area contributed by atoms with Gasteiger partial charge in [-0.1, -0.05) is 29.9 Å². The van der Waals surface area contributed by atoms with Crippen LogP contribution in [-0.2, 0) is 9.59 Å². The van der Waals surface area contributed by atoms with Crippen molar-refractivity contribution in [1.29, 1.82) is 0 Å². The summed E-state index contributed by atoms with van der Waals surface area (Å²) in [7, 11) is 0. The minimum absolute atomic E-state index is 0.00131. The van der Waals surface area contributed by atoms with Crippen LogP contribution < -0.4 is 16.4 Å². The van der Waals surface area contributed by atoms with E-state index in [0.717, 1.165) is 12.3 Å². The van der Waals surface area contributed by atoms with E-state index in [0.29, 0.717) is 0 Å². The number of aliphatic hydroxyl groups is 1. The number of aliphatic hydroxyl groups excluding tert-OH is 1. The van der Waals surface area contributed by atoms with Crippen LogP contribution in [0.25, 0.3) is 11.5 Å². The maximum absolute atomic E-state index is 14.1. The third-order valence-corrected chi connectivity index (χ3v) is 5.51. The summed E-state index contributed by atoms with van der Waals surface area (Å²) in [5.41, 5.74) is 5.05. The molecule has 2 rings (SSSR count). The summed E-state index contributed by atoms with van der Waals surface area (Å²) in [4.78, 5) is 40.9. The minimum Gasteiger partial charge on any atom is -0.431 e. The summed E-state index contributed by atoms with van der Waals surface area (Å²) in [6, 6.07) is 0.722. The number of carbonyl (C=O) groups excluding carboxylic acids is 3. The number of Topliss-reactive ketones (excluding diaryl/α,β-unsaturated/α-hetero) is 1. The number of rotatable bonds is 12. The lowest BCUT2D eigenvalue weighted by atomic mass is 10.0. The van der Waals surface area contributed by atoms with Gasteiger partial charge in [0.25, 0.3) is 5.91 Å². The Morgan fingerprint density at radius 2 is 1.86 bits per heavy atom. The van der Waals surface area contributed by atoms with Gasteiger partial charge in [-0.3, -0.25) is 14.4 Å². The zero-order valence-corrected chi connectivity index (χ0v) is 20.8. The second kappa shape index (κ2) is 12.9. The lowest BCUT2D eigenvalue weighted by molar-refractivity contribution is -0.140. The van der Waals surface area contributed by atoms with Crippen molar-refractivity contribution < 1.29 is 41.5 Å². The first-order chi connectivity index (χ1) is 17.2. The minimum atomic E-state index is -4.62. The zero-order chi connectivity index (χ0) is 27.9. The van der Waals surface area contributed by atoms with Crippen molar-refractivity contribution in [3.63, 3.8) is 0 Å². The third kappa shape index (κ3) is 9.05. The van der Waals surface area contributed by atoms with Crippen molar-refractivity contribution in [3.8, 4) is 11.5 Å². The van der Waals surface area contributed by atoms with E-state index in [4.69, 9.17) is 21.8 Å². The predicted octanol–water partition coefficient (Wildman–Crippen LogP) is 3.08. The normalized spacial score (nSPS) is 13.9. The van der Waals surface area contributed by atoms with Crippen LogP contribution >= 0.6 is 23.8 Å². The fourth-order valence-electron chi connectivity index (χ4n) is 3.12. The molecule has 0 aliphatic rings. The molecule has 2 aromatic rings. The summed E-state index contributed by atoms with van der Waals surface area (Å²) in [5.74, 6) is -4.60. The molecule has 9 nitrogen and oxygen atoms in total. The van der Waals surface area contributed by atoms with E-state index in [9.17, 15) is 37.1 Å². The molecule has 37 heavy (non-hydrogen) atoms. The van der Waals surface area contributed by atoms with Gasteiger partial charge >= 0.3 is 6.18 Å². The van der Waals surface area contributed by atoms with Crippen LogP contribution in [-0.4, -0.2) is 57.0 Å². The maximum Gasteiger partial charge on any atom is 0.389 e. The molecule has 1 unspecified atom stereocenters. The topological polar surface area (TPSA) is 148 Å². The number of nitrogens with one attached hydrogen (secondary N) is 2. The molecule has 3 atom stereocenters. The molecule has 15 heteroatoms. The van der Waals surface area contributed by atoms with Gasteiger partial charge in [0.1, 0.15) is 16.8 Å². The maximum atomic E-state index is 14.1. The Bertz CT molecular complexity index is 1140. The monoisotopic (exact) mass is 566 g/mol. The average Bonchev–Trinajstić information content (AvgIpc) is 3.27. The van der Waals surface area contributed by atoms with Gasteiger partial charge in [-0.05, 0) is 38.3 Å². The van der Waals surface area contributed by atoms with Gasteiger partial charge in [0.05, 0.1) is 28.9 Å². The molecular weight excluding hydrogens is 544 g/mol. The summed E-state index contributed by atoms with van der Waals surface area (Å²) < 4.78 is 57.5. The molecule has 1 aromatic heterocycles. The molecule has 5 N–H and O–H groups in total. The second-order valence-corrected chi connectivity index (χ2v) is 8.87. The molecule has 0 bridgehead atoms. The first-order valence-corrected chi connectivity index (χ1v) is 11.6. The van der Waals surface area contributed by atoms with E-state index in [1.807, 2.05) is 0 Å². The van der Waals surface area contributed by atoms with Crippen LogP contribution in [0.5, 0.6) is 0 Å². The Balaban J connectivity index is 2.23. The number of hydrogen-bond donors (Lipinski definition) is 4. The Morgan fingerprint density at radius 1 is 1.19 bits per heavy atom. The van der Waals surface area contributed by atoms with E-state index in [1.165, 1.54) is 19.1 Å². The molecule has 0 spiro atoms. The molecule has 0 aliphatic heterocycles. The van der Waals surface area contributed by atoms with Crippen LogP contribution in [0.1, 0.15) is 43.2 Å². The van der Waals surface area contributed by atoms with Crippen molar-refractivity contribution in [1.82, 2.24) is 15.6 Å². The first-order valence-electron chi connectivity index (χ1n) is 10.8. The van der Waals surface area contributed by atoms with Crippen molar-refractivity contribution >= 4 is 46.4 Å². The van der Waals surface area contributed by atoms with E-state index < -0.39 is 71.4 Å². The number of ketones is 1. The highest BCUT2D eigenvalue weighted by atomic mass is 35.5. The van der Waals surface area contributed by atoms with Crippen LogP contribution in [0, 0.1) is 5.82 Å². The lowest BCUT2D eigenvalue weighted by Gasteiger charge is -2.23. The number of nitrogens with zero attached hydrogens (tertiary/aromatic N) is 1. The van der Waals surface area contributed by atoms with Gasteiger partial charge in [0.15, 0.2) is 0 Å². The smallest absolute Gasteiger partial charge is 0.389 e. The number of hydrogen-bond acceptors (Lipinski definition) is 7. The Labute approximate surface area is 218 Å². The zero-order valence-electron chi connectivity index (χ0n) is 19.3. The predicted molar refractivity (Wildman–Crippen MR) is 128 cm³/mol. The number of aromatic nitrogens is 1. The quantitative estimate of drug-likeness (QED) is 0.226. The lowest BCUT2D eigenvalue weighted by Crippen LogP contribution is -2.53. The summed E-state index contributed by atoms with van der Waals surface area (Å²) in [5, 5.41) is 14.0. The largest absolute Gasteiger partial charge is 0.431 e. The molecule has 0 saturated heterocycles. The Kier molecular flexibility index (Phi) is 10.5. The van der Waals surface area contributed by atoms with Crippen molar-refractivity contribution in [3.05, 3.63) is 41.0 Å². The highest BCUT2D eigenvalue weighted by Gasteiger charge is 2.34. The molecule has 2 amide bonds. The Morgan fingerprint density at radius 3 is 2.43 bits per heavy atom. The van der Waals surface area contributed by atoms with Crippen molar-refractivity contribution in [2.75, 3.05) is 0 Å². The van der Waals surface area contributed by atoms with E-state index in [-0.39, 0.29) is 29.3 Å². The van der Waals surface area contributed by atoms with E-state index in [1.54, 1.807) is 0 Å². The Hall–Kier alpha value is -3.10. The molecule has 0 fully saturated rings. The first kappa shape index (κ1) is 30.1. The molecule has 202 valence electrons. The summed E-state index contributed by atoms with van der Waals surface area (Å²) in [6.45, 7) is 1.42. The van der Waals surface area contributed by atoms with Gasteiger partial charge in [0, 0.05) is 6.42 Å². The molecule has 0 radical (unpaired) electrons. The van der Waals surface area contributed by atoms with Crippen molar-refractivity contribution in [2.45, 2.75) is 57.0 Å². The number of oxazole rings is 1. The number of benzene rings is 1. The number of halogens is 5. The van der Waals surface area contributed by atoms with Gasteiger partial charge < -0.3 is 25.9 Å². The van der Waals surface area contributed by atoms with Crippen molar-refractivity contribution in [2.24, 2.45) is 5.73 Å².